The van der Waals surface area contributed by atoms with Crippen LogP contribution in [-0.4, -0.2) is 45.5 Å². The number of primary amides is 3. The second-order valence-corrected chi connectivity index (χ2v) is 3.64. The van der Waals surface area contributed by atoms with Crippen molar-refractivity contribution in [1.82, 2.24) is 0 Å². The summed E-state index contributed by atoms with van der Waals surface area (Å²) in [5.41, 5.74) is 13.3. The highest BCUT2D eigenvalue weighted by Gasteiger charge is 2.31. The van der Waals surface area contributed by atoms with Gasteiger partial charge in [-0.1, -0.05) is 6.92 Å². The number of hydrogen-bond donors (Lipinski definition) is 3. The quantitative estimate of drug-likeness (QED) is 0.524. The maximum atomic E-state index is 10.5. The van der Waals surface area contributed by atoms with Crippen molar-refractivity contribution in [2.45, 2.75) is 13.3 Å². The molecular weight excluding hydrogens is 258 g/mol. The van der Waals surface area contributed by atoms with Gasteiger partial charge in [0.2, 0.25) is 6.41 Å². The predicted molar refractivity (Wildman–Crippen MR) is 65.9 cm³/mol. The van der Waals surface area contributed by atoms with E-state index in [1.807, 2.05) is 6.92 Å². The Morgan fingerprint density at radius 2 is 1.47 bits per heavy atom. The molecule has 0 aliphatic carbocycles. The van der Waals surface area contributed by atoms with Gasteiger partial charge in [0, 0.05) is 7.11 Å². The fraction of sp³-hybridized carbons (Fsp3) is 0.700. The molecular formula is C10H21N3O6. The van der Waals surface area contributed by atoms with Gasteiger partial charge in [0.25, 0.3) is 0 Å². The number of amides is 3. The Morgan fingerprint density at radius 1 is 1.11 bits per heavy atom. The zero-order chi connectivity index (χ0) is 15.3. The fourth-order valence-corrected chi connectivity index (χ4v) is 1.19. The maximum Gasteiger partial charge on any atom is 0.404 e. The lowest BCUT2D eigenvalue weighted by Gasteiger charge is -2.30. The van der Waals surface area contributed by atoms with Gasteiger partial charge >= 0.3 is 12.2 Å². The van der Waals surface area contributed by atoms with Crippen molar-refractivity contribution in [1.29, 1.82) is 0 Å². The average molecular weight is 279 g/mol. The zero-order valence-corrected chi connectivity index (χ0v) is 11.1. The van der Waals surface area contributed by atoms with Crippen molar-refractivity contribution < 1.29 is 28.6 Å². The first-order valence-electron chi connectivity index (χ1n) is 5.36. The van der Waals surface area contributed by atoms with Crippen LogP contribution in [0, 0.1) is 5.41 Å². The molecule has 0 aromatic heterocycles. The first-order chi connectivity index (χ1) is 8.87. The number of ether oxygens (including phenoxy) is 3. The molecule has 0 saturated carbocycles. The van der Waals surface area contributed by atoms with E-state index in [9.17, 15) is 9.59 Å². The average Bonchev–Trinajstić information content (AvgIpc) is 2.34. The van der Waals surface area contributed by atoms with Crippen molar-refractivity contribution in [2.75, 3.05) is 26.9 Å². The summed E-state index contributed by atoms with van der Waals surface area (Å²) in [6, 6.07) is 0. The minimum Gasteiger partial charge on any atom is -0.449 e. The van der Waals surface area contributed by atoms with Crippen LogP contribution in [0.3, 0.4) is 0 Å². The van der Waals surface area contributed by atoms with Gasteiger partial charge in [-0.3, -0.25) is 4.79 Å². The largest absolute Gasteiger partial charge is 0.449 e. The Bertz CT molecular complexity index is 266. The van der Waals surface area contributed by atoms with Gasteiger partial charge in [0.15, 0.2) is 0 Å². The third-order valence-electron chi connectivity index (χ3n) is 2.24. The van der Waals surface area contributed by atoms with Crippen molar-refractivity contribution in [3.8, 4) is 0 Å². The molecule has 0 aromatic carbocycles. The molecule has 0 radical (unpaired) electrons. The van der Waals surface area contributed by atoms with E-state index in [0.29, 0.717) is 6.42 Å². The summed E-state index contributed by atoms with van der Waals surface area (Å²) in [5, 5.41) is 0. The molecule has 0 aromatic rings. The number of carbonyl (C=O) groups is 3. The highest BCUT2D eigenvalue weighted by atomic mass is 16.6. The first kappa shape index (κ1) is 19.3. The predicted octanol–water partition coefficient (Wildman–Crippen LogP) is -0.679. The highest BCUT2D eigenvalue weighted by molar-refractivity contribution is 5.65. The second kappa shape index (κ2) is 11.1. The van der Waals surface area contributed by atoms with Gasteiger partial charge in [-0.15, -0.1) is 0 Å². The Hall–Kier alpha value is -2.03. The van der Waals surface area contributed by atoms with Crippen molar-refractivity contribution in [3.63, 3.8) is 0 Å². The Balaban J connectivity index is 0. The summed E-state index contributed by atoms with van der Waals surface area (Å²) >= 11 is 0. The minimum atomic E-state index is -0.881. The number of methoxy groups -OCH3 is 1. The lowest BCUT2D eigenvalue weighted by atomic mass is 9.88. The molecule has 9 heteroatoms. The summed E-state index contributed by atoms with van der Waals surface area (Å²) in [4.78, 5) is 29.6. The van der Waals surface area contributed by atoms with E-state index in [4.69, 9.17) is 30.5 Å². The molecule has 0 unspecified atom stereocenters. The number of carbonyl (C=O) groups excluding carboxylic acids is 3. The monoisotopic (exact) mass is 279 g/mol. The van der Waals surface area contributed by atoms with Gasteiger partial charge < -0.3 is 31.4 Å². The van der Waals surface area contributed by atoms with Crippen LogP contribution in [0.5, 0.6) is 0 Å². The third-order valence-corrected chi connectivity index (χ3v) is 2.24. The molecule has 0 aliphatic heterocycles. The van der Waals surface area contributed by atoms with E-state index in [1.165, 1.54) is 7.11 Å². The molecule has 112 valence electrons. The molecule has 3 amide bonds. The van der Waals surface area contributed by atoms with Crippen molar-refractivity contribution in [2.24, 2.45) is 22.6 Å². The molecule has 0 spiro atoms. The van der Waals surface area contributed by atoms with Gasteiger partial charge in [0.05, 0.1) is 12.0 Å². The van der Waals surface area contributed by atoms with Gasteiger partial charge in [0.1, 0.15) is 13.2 Å². The molecule has 0 fully saturated rings. The Kier molecular flexibility index (Phi) is 11.3. The number of hydrogen-bond acceptors (Lipinski definition) is 6. The Morgan fingerprint density at radius 3 is 1.68 bits per heavy atom. The Labute approximate surface area is 111 Å². The zero-order valence-electron chi connectivity index (χ0n) is 11.1. The van der Waals surface area contributed by atoms with Crippen molar-refractivity contribution >= 4 is 18.6 Å². The van der Waals surface area contributed by atoms with Gasteiger partial charge in [-0.05, 0) is 6.42 Å². The standard InChI is InChI=1S/C9H18N2O5.CH3NO/c1-3-9(4-14-2,5-15-7(10)12)6-16-8(11)13;2-1-3/h3-6H2,1-2H3,(H2,10,12)(H2,11,13);1H,(H2,2,3). The van der Waals surface area contributed by atoms with E-state index >= 15 is 0 Å². The van der Waals surface area contributed by atoms with Crippen LogP contribution in [0.1, 0.15) is 13.3 Å². The summed E-state index contributed by atoms with van der Waals surface area (Å²) < 4.78 is 14.4. The lowest BCUT2D eigenvalue weighted by molar-refractivity contribution is -0.106. The topological polar surface area (TPSA) is 157 Å². The molecule has 0 heterocycles. The van der Waals surface area contributed by atoms with Crippen LogP contribution in [0.2, 0.25) is 0 Å². The number of nitrogens with two attached hydrogens (primary N) is 3. The summed E-state index contributed by atoms with van der Waals surface area (Å²) in [6.07, 6.45) is -0.928. The van der Waals surface area contributed by atoms with Crippen LogP contribution < -0.4 is 17.2 Å². The summed E-state index contributed by atoms with van der Waals surface area (Å²) in [6.45, 7) is 2.15. The molecule has 0 rings (SSSR count). The van der Waals surface area contributed by atoms with Gasteiger partial charge in [-0.2, -0.15) is 0 Å². The fourth-order valence-electron chi connectivity index (χ4n) is 1.19. The van der Waals surface area contributed by atoms with Crippen LogP contribution in [-0.2, 0) is 19.0 Å². The van der Waals surface area contributed by atoms with E-state index in [1.54, 1.807) is 0 Å². The molecule has 9 nitrogen and oxygen atoms in total. The lowest BCUT2D eigenvalue weighted by Crippen LogP contribution is -2.39. The van der Waals surface area contributed by atoms with E-state index < -0.39 is 17.6 Å². The summed E-state index contributed by atoms with van der Waals surface area (Å²) in [5.74, 6) is 0. The van der Waals surface area contributed by atoms with Crippen LogP contribution >= 0.6 is 0 Å². The van der Waals surface area contributed by atoms with E-state index in [2.05, 4.69) is 5.73 Å². The van der Waals surface area contributed by atoms with Gasteiger partial charge in [-0.25, -0.2) is 9.59 Å². The van der Waals surface area contributed by atoms with Crippen LogP contribution in [0.25, 0.3) is 0 Å². The van der Waals surface area contributed by atoms with Crippen LogP contribution in [0.4, 0.5) is 9.59 Å². The maximum absolute atomic E-state index is 10.5. The smallest absolute Gasteiger partial charge is 0.404 e. The molecule has 6 N–H and O–H groups in total. The summed E-state index contributed by atoms with van der Waals surface area (Å²) in [7, 11) is 1.50. The van der Waals surface area contributed by atoms with E-state index in [0.717, 1.165) is 0 Å². The normalized spacial score (nSPS) is 9.79. The molecule has 0 saturated heterocycles. The van der Waals surface area contributed by atoms with E-state index in [-0.39, 0.29) is 26.2 Å². The molecule has 19 heavy (non-hydrogen) atoms. The second-order valence-electron chi connectivity index (χ2n) is 3.64. The molecule has 0 aliphatic rings. The van der Waals surface area contributed by atoms with Crippen molar-refractivity contribution in [3.05, 3.63) is 0 Å². The highest BCUT2D eigenvalue weighted by Crippen LogP contribution is 2.23. The number of rotatable bonds is 7. The SMILES string of the molecule is CCC(COC)(COC(N)=O)COC(N)=O.NC=O. The van der Waals surface area contributed by atoms with Crippen LogP contribution in [0.15, 0.2) is 0 Å². The molecule has 0 bridgehead atoms. The third kappa shape index (κ3) is 10.8. The molecule has 0 atom stereocenters. The first-order valence-corrected chi connectivity index (χ1v) is 5.36. The minimum absolute atomic E-state index is 0.0138.